The number of rotatable bonds is 4. The van der Waals surface area contributed by atoms with Crippen LogP contribution in [-0.4, -0.2) is 10.5 Å². The molecule has 0 aliphatic rings. The SMILES string of the molecule is CC(N)(Cc1ccccc1)Cc1nc2ccccc2s1. The predicted molar refractivity (Wildman–Crippen MR) is 86.1 cm³/mol. The van der Waals surface area contributed by atoms with Gasteiger partial charge >= 0.3 is 0 Å². The first-order valence-corrected chi connectivity index (χ1v) is 7.61. The molecule has 0 amide bonds. The maximum absolute atomic E-state index is 6.47. The van der Waals surface area contributed by atoms with Crippen molar-refractivity contribution in [1.82, 2.24) is 4.98 Å². The van der Waals surface area contributed by atoms with Crippen LogP contribution in [0.3, 0.4) is 0 Å². The second-order valence-electron chi connectivity index (χ2n) is 5.57. The maximum atomic E-state index is 6.47. The molecule has 1 atom stereocenters. The first-order chi connectivity index (χ1) is 9.62. The Balaban J connectivity index is 1.78. The van der Waals surface area contributed by atoms with E-state index >= 15 is 0 Å². The molecule has 3 heteroatoms. The summed E-state index contributed by atoms with van der Waals surface area (Å²) in [7, 11) is 0. The van der Waals surface area contributed by atoms with Crippen LogP contribution >= 0.6 is 11.3 Å². The molecule has 1 aromatic heterocycles. The highest BCUT2D eigenvalue weighted by molar-refractivity contribution is 7.18. The standard InChI is InChI=1S/C17H18N2S/c1-17(18,11-13-7-3-2-4-8-13)12-16-19-14-9-5-6-10-15(14)20-16/h2-10H,11-12,18H2,1H3. The molecule has 0 radical (unpaired) electrons. The van der Waals surface area contributed by atoms with Gasteiger partial charge in [0.15, 0.2) is 0 Å². The molecule has 2 nitrogen and oxygen atoms in total. The number of hydrogen-bond acceptors (Lipinski definition) is 3. The minimum Gasteiger partial charge on any atom is -0.325 e. The predicted octanol–water partition coefficient (Wildman–Crippen LogP) is 3.80. The average molecular weight is 282 g/mol. The molecule has 102 valence electrons. The zero-order chi connectivity index (χ0) is 14.0. The molecule has 1 unspecified atom stereocenters. The molecule has 3 rings (SSSR count). The van der Waals surface area contributed by atoms with Crippen LogP contribution in [0.1, 0.15) is 17.5 Å². The molecule has 0 saturated carbocycles. The van der Waals surface area contributed by atoms with Gasteiger partial charge in [-0.05, 0) is 31.0 Å². The van der Waals surface area contributed by atoms with E-state index in [0.717, 1.165) is 23.4 Å². The Bertz CT molecular complexity index is 668. The number of nitrogens with zero attached hydrogens (tertiary/aromatic N) is 1. The molecular weight excluding hydrogens is 264 g/mol. The van der Waals surface area contributed by atoms with Gasteiger partial charge in [0, 0.05) is 12.0 Å². The van der Waals surface area contributed by atoms with E-state index < -0.39 is 0 Å². The number of thiazole rings is 1. The summed E-state index contributed by atoms with van der Waals surface area (Å²) in [5.41, 5.74) is 8.55. The lowest BCUT2D eigenvalue weighted by Crippen LogP contribution is -2.40. The minimum atomic E-state index is -0.269. The molecule has 0 fully saturated rings. The van der Waals surface area contributed by atoms with Crippen molar-refractivity contribution in [1.29, 1.82) is 0 Å². The summed E-state index contributed by atoms with van der Waals surface area (Å²) in [6, 6.07) is 18.7. The fraction of sp³-hybridized carbons (Fsp3) is 0.235. The van der Waals surface area contributed by atoms with Crippen LogP contribution in [0.15, 0.2) is 54.6 Å². The third-order valence-corrected chi connectivity index (χ3v) is 4.38. The van der Waals surface area contributed by atoms with Crippen molar-refractivity contribution in [2.24, 2.45) is 5.73 Å². The monoisotopic (exact) mass is 282 g/mol. The number of benzene rings is 2. The second-order valence-corrected chi connectivity index (χ2v) is 6.68. The number of nitrogens with two attached hydrogens (primary N) is 1. The minimum absolute atomic E-state index is 0.269. The number of para-hydroxylation sites is 1. The Morgan fingerprint density at radius 1 is 1.00 bits per heavy atom. The van der Waals surface area contributed by atoms with Gasteiger partial charge in [0.25, 0.3) is 0 Å². The van der Waals surface area contributed by atoms with Crippen molar-refractivity contribution >= 4 is 21.6 Å². The van der Waals surface area contributed by atoms with Crippen molar-refractivity contribution in [2.45, 2.75) is 25.3 Å². The van der Waals surface area contributed by atoms with Gasteiger partial charge in [0.05, 0.1) is 15.2 Å². The Labute approximate surface area is 123 Å². The highest BCUT2D eigenvalue weighted by atomic mass is 32.1. The highest BCUT2D eigenvalue weighted by Crippen LogP contribution is 2.25. The van der Waals surface area contributed by atoms with E-state index in [9.17, 15) is 0 Å². The van der Waals surface area contributed by atoms with Crippen LogP contribution in [0.4, 0.5) is 0 Å². The Kier molecular flexibility index (Phi) is 3.55. The summed E-state index contributed by atoms with van der Waals surface area (Å²) in [4.78, 5) is 4.68. The zero-order valence-electron chi connectivity index (χ0n) is 11.5. The van der Waals surface area contributed by atoms with E-state index in [0.29, 0.717) is 0 Å². The number of fused-ring (bicyclic) bond motifs is 1. The molecule has 0 aliphatic heterocycles. The second kappa shape index (κ2) is 5.35. The summed E-state index contributed by atoms with van der Waals surface area (Å²) in [5.74, 6) is 0. The summed E-state index contributed by atoms with van der Waals surface area (Å²) >= 11 is 1.74. The average Bonchev–Trinajstić information content (AvgIpc) is 2.80. The first-order valence-electron chi connectivity index (χ1n) is 6.80. The molecule has 2 N–H and O–H groups in total. The molecule has 0 aliphatic carbocycles. The van der Waals surface area contributed by atoms with E-state index in [4.69, 9.17) is 5.73 Å². The van der Waals surface area contributed by atoms with Crippen molar-refractivity contribution in [3.05, 3.63) is 65.2 Å². The first kappa shape index (κ1) is 13.3. The Morgan fingerprint density at radius 3 is 2.45 bits per heavy atom. The van der Waals surface area contributed by atoms with Crippen molar-refractivity contribution in [3.63, 3.8) is 0 Å². The topological polar surface area (TPSA) is 38.9 Å². The number of hydrogen-bond donors (Lipinski definition) is 1. The van der Waals surface area contributed by atoms with E-state index in [1.54, 1.807) is 11.3 Å². The smallest absolute Gasteiger partial charge is 0.0956 e. The lowest BCUT2D eigenvalue weighted by atomic mass is 9.91. The normalized spacial score (nSPS) is 14.3. The molecule has 0 bridgehead atoms. The van der Waals surface area contributed by atoms with E-state index in [1.807, 2.05) is 12.1 Å². The van der Waals surface area contributed by atoms with Crippen LogP contribution < -0.4 is 5.73 Å². The highest BCUT2D eigenvalue weighted by Gasteiger charge is 2.21. The van der Waals surface area contributed by atoms with Gasteiger partial charge in [-0.1, -0.05) is 42.5 Å². The van der Waals surface area contributed by atoms with Gasteiger partial charge in [-0.3, -0.25) is 0 Å². The summed E-state index contributed by atoms with van der Waals surface area (Å²) in [5, 5.41) is 1.12. The fourth-order valence-corrected chi connectivity index (χ4v) is 3.63. The van der Waals surface area contributed by atoms with Crippen LogP contribution in [0.2, 0.25) is 0 Å². The third kappa shape index (κ3) is 3.06. The summed E-state index contributed by atoms with van der Waals surface area (Å²) in [6.07, 6.45) is 1.67. The lowest BCUT2D eigenvalue weighted by Gasteiger charge is -2.23. The maximum Gasteiger partial charge on any atom is 0.0956 e. The van der Waals surface area contributed by atoms with Crippen molar-refractivity contribution in [2.75, 3.05) is 0 Å². The molecular formula is C17H18N2S. The van der Waals surface area contributed by atoms with Crippen LogP contribution in [0.25, 0.3) is 10.2 Å². The molecule has 0 spiro atoms. The van der Waals surface area contributed by atoms with Crippen LogP contribution in [-0.2, 0) is 12.8 Å². The fourth-order valence-electron chi connectivity index (χ4n) is 2.47. The van der Waals surface area contributed by atoms with Crippen LogP contribution in [0.5, 0.6) is 0 Å². The summed E-state index contributed by atoms with van der Waals surface area (Å²) in [6.45, 7) is 2.10. The van der Waals surface area contributed by atoms with Crippen LogP contribution in [0, 0.1) is 0 Å². The molecule has 0 saturated heterocycles. The third-order valence-electron chi connectivity index (χ3n) is 3.34. The molecule has 1 heterocycles. The van der Waals surface area contributed by atoms with Crippen molar-refractivity contribution < 1.29 is 0 Å². The van der Waals surface area contributed by atoms with E-state index in [2.05, 4.69) is 54.4 Å². The number of aromatic nitrogens is 1. The molecule has 3 aromatic rings. The van der Waals surface area contributed by atoms with E-state index in [-0.39, 0.29) is 5.54 Å². The van der Waals surface area contributed by atoms with Gasteiger partial charge in [0.2, 0.25) is 0 Å². The Morgan fingerprint density at radius 2 is 1.70 bits per heavy atom. The Hall–Kier alpha value is -1.71. The summed E-state index contributed by atoms with van der Waals surface area (Å²) < 4.78 is 1.23. The van der Waals surface area contributed by atoms with Gasteiger partial charge < -0.3 is 5.73 Å². The lowest BCUT2D eigenvalue weighted by molar-refractivity contribution is 0.462. The van der Waals surface area contributed by atoms with Gasteiger partial charge in [0.1, 0.15) is 0 Å². The molecule has 2 aromatic carbocycles. The van der Waals surface area contributed by atoms with Crippen molar-refractivity contribution in [3.8, 4) is 0 Å². The zero-order valence-corrected chi connectivity index (χ0v) is 12.4. The van der Waals surface area contributed by atoms with Gasteiger partial charge in [-0.15, -0.1) is 11.3 Å². The largest absolute Gasteiger partial charge is 0.325 e. The molecule has 20 heavy (non-hydrogen) atoms. The van der Waals surface area contributed by atoms with E-state index in [1.165, 1.54) is 10.3 Å². The van der Waals surface area contributed by atoms with Gasteiger partial charge in [-0.2, -0.15) is 0 Å². The quantitative estimate of drug-likeness (QED) is 0.790. The van der Waals surface area contributed by atoms with Gasteiger partial charge in [-0.25, -0.2) is 4.98 Å².